The molecule has 2 aromatic rings. The molecule has 0 bridgehead atoms. The van der Waals surface area contributed by atoms with Crippen LogP contribution in [0.25, 0.3) is 0 Å². The average molecular weight is 398 g/mol. The largest absolute Gasteiger partial charge is 0.495 e. The van der Waals surface area contributed by atoms with Crippen molar-refractivity contribution in [2.45, 2.75) is 18.7 Å². The van der Waals surface area contributed by atoms with E-state index in [4.69, 9.17) is 22.2 Å². The lowest BCUT2D eigenvalue weighted by atomic mass is 10.2. The van der Waals surface area contributed by atoms with Gasteiger partial charge in [-0.05, 0) is 49.2 Å². The molecule has 0 radical (unpaired) electrons. The Kier molecular flexibility index (Phi) is 6.12. The van der Waals surface area contributed by atoms with E-state index >= 15 is 0 Å². The maximum Gasteiger partial charge on any atom is 0.268 e. The van der Waals surface area contributed by atoms with Crippen LogP contribution >= 0.6 is 11.6 Å². The molecule has 0 unspecified atom stereocenters. The summed E-state index contributed by atoms with van der Waals surface area (Å²) in [6, 6.07) is 9.51. The van der Waals surface area contributed by atoms with E-state index in [-0.39, 0.29) is 16.3 Å². The number of halogens is 1. The van der Waals surface area contributed by atoms with Crippen LogP contribution in [0.1, 0.15) is 11.1 Å². The maximum atomic E-state index is 13.3. The molecule has 26 heavy (non-hydrogen) atoms. The standard InChI is InChI=1S/C17H20ClN3O4S/c1-11-4-7-15(25-3)16(8-11)26(23,24)21(10-17(22)20-19)13-6-5-12(2)14(18)9-13/h4-9H,10,19H2,1-3H3,(H,20,22). The van der Waals surface area contributed by atoms with Crippen LogP contribution in [0.4, 0.5) is 5.69 Å². The van der Waals surface area contributed by atoms with Gasteiger partial charge >= 0.3 is 0 Å². The predicted octanol–water partition coefficient (Wildman–Crippen LogP) is 2.15. The molecule has 1 amide bonds. The summed E-state index contributed by atoms with van der Waals surface area (Å²) in [5.74, 6) is 4.65. The zero-order valence-corrected chi connectivity index (χ0v) is 16.2. The Morgan fingerprint density at radius 2 is 1.92 bits per heavy atom. The van der Waals surface area contributed by atoms with E-state index < -0.39 is 22.5 Å². The Morgan fingerprint density at radius 3 is 2.50 bits per heavy atom. The quantitative estimate of drug-likeness (QED) is 0.441. The lowest BCUT2D eigenvalue weighted by molar-refractivity contribution is -0.119. The summed E-state index contributed by atoms with van der Waals surface area (Å²) in [5, 5.41) is 0.382. The first-order valence-corrected chi connectivity index (χ1v) is 9.45. The molecule has 0 aliphatic rings. The first-order chi connectivity index (χ1) is 12.2. The molecule has 0 atom stereocenters. The van der Waals surface area contributed by atoms with Gasteiger partial charge in [0.15, 0.2) is 0 Å². The van der Waals surface area contributed by atoms with Gasteiger partial charge in [-0.2, -0.15) is 0 Å². The lowest BCUT2D eigenvalue weighted by Gasteiger charge is -2.25. The number of sulfonamides is 1. The summed E-state index contributed by atoms with van der Waals surface area (Å²) < 4.78 is 32.7. The van der Waals surface area contributed by atoms with E-state index in [1.807, 2.05) is 5.43 Å². The first-order valence-electron chi connectivity index (χ1n) is 7.63. The highest BCUT2D eigenvalue weighted by atomic mass is 35.5. The molecule has 2 rings (SSSR count). The number of hydrazine groups is 1. The summed E-state index contributed by atoms with van der Waals surface area (Å²) in [6.07, 6.45) is 0. The van der Waals surface area contributed by atoms with Crippen LogP contribution in [0.3, 0.4) is 0 Å². The molecule has 0 aromatic heterocycles. The summed E-state index contributed by atoms with van der Waals surface area (Å²) in [5.41, 5.74) is 3.70. The second-order valence-corrected chi connectivity index (χ2v) is 7.90. The minimum atomic E-state index is -4.12. The van der Waals surface area contributed by atoms with E-state index in [1.54, 1.807) is 38.1 Å². The number of hydrogen-bond acceptors (Lipinski definition) is 5. The van der Waals surface area contributed by atoms with Gasteiger partial charge in [-0.15, -0.1) is 0 Å². The Balaban J connectivity index is 2.65. The van der Waals surface area contributed by atoms with Crippen molar-refractivity contribution in [3.63, 3.8) is 0 Å². The predicted molar refractivity (Wildman–Crippen MR) is 101 cm³/mol. The molecule has 3 N–H and O–H groups in total. The molecule has 2 aromatic carbocycles. The first kappa shape index (κ1) is 20.0. The van der Waals surface area contributed by atoms with Crippen molar-refractivity contribution < 1.29 is 17.9 Å². The lowest BCUT2D eigenvalue weighted by Crippen LogP contribution is -2.43. The van der Waals surface area contributed by atoms with Crippen LogP contribution in [0.15, 0.2) is 41.3 Å². The fourth-order valence-corrected chi connectivity index (χ4v) is 4.16. The minimum absolute atomic E-state index is 0.0541. The number of aryl methyl sites for hydroxylation is 2. The average Bonchev–Trinajstić information content (AvgIpc) is 2.61. The summed E-state index contributed by atoms with van der Waals surface area (Å²) in [6.45, 7) is 3.05. The van der Waals surface area contributed by atoms with Crippen molar-refractivity contribution >= 4 is 33.2 Å². The number of carbonyl (C=O) groups excluding carboxylic acids is 1. The van der Waals surface area contributed by atoms with E-state index in [9.17, 15) is 13.2 Å². The molecule has 0 spiro atoms. The topological polar surface area (TPSA) is 102 Å². The Labute approximate surface area is 157 Å². The Morgan fingerprint density at radius 1 is 1.23 bits per heavy atom. The van der Waals surface area contributed by atoms with Crippen LogP contribution in [-0.4, -0.2) is 28.0 Å². The fraction of sp³-hybridized carbons (Fsp3) is 0.235. The number of nitrogens with two attached hydrogens (primary N) is 1. The highest BCUT2D eigenvalue weighted by Gasteiger charge is 2.30. The third-order valence-corrected chi connectivity index (χ3v) is 5.98. The van der Waals surface area contributed by atoms with Crippen molar-refractivity contribution in [2.24, 2.45) is 5.84 Å². The van der Waals surface area contributed by atoms with E-state index in [0.29, 0.717) is 5.02 Å². The van der Waals surface area contributed by atoms with E-state index in [0.717, 1.165) is 15.4 Å². The molecule has 0 saturated heterocycles. The van der Waals surface area contributed by atoms with Crippen molar-refractivity contribution in [1.29, 1.82) is 0 Å². The molecule has 9 heteroatoms. The molecule has 0 saturated carbocycles. The molecule has 0 fully saturated rings. The normalized spacial score (nSPS) is 11.1. The zero-order chi connectivity index (χ0) is 19.5. The number of ether oxygens (including phenoxy) is 1. The number of rotatable bonds is 6. The Hall–Kier alpha value is -2.29. The van der Waals surface area contributed by atoms with Gasteiger partial charge in [0.05, 0.1) is 12.8 Å². The van der Waals surface area contributed by atoms with Crippen LogP contribution in [-0.2, 0) is 14.8 Å². The number of nitrogens with one attached hydrogen (secondary N) is 1. The van der Waals surface area contributed by atoms with Crippen LogP contribution in [0.2, 0.25) is 5.02 Å². The van der Waals surface area contributed by atoms with Gasteiger partial charge in [0, 0.05) is 5.02 Å². The monoisotopic (exact) mass is 397 g/mol. The Bertz CT molecular complexity index is 932. The van der Waals surface area contributed by atoms with Crippen LogP contribution in [0.5, 0.6) is 5.75 Å². The van der Waals surface area contributed by atoms with Crippen molar-refractivity contribution in [1.82, 2.24) is 5.43 Å². The second kappa shape index (κ2) is 7.94. The number of amides is 1. The number of hydrogen-bond donors (Lipinski definition) is 2. The SMILES string of the molecule is COc1ccc(C)cc1S(=O)(=O)N(CC(=O)NN)c1ccc(C)c(Cl)c1. The number of methoxy groups -OCH3 is 1. The van der Waals surface area contributed by atoms with Gasteiger partial charge in [-0.3, -0.25) is 14.5 Å². The van der Waals surface area contributed by atoms with Crippen LogP contribution in [0, 0.1) is 13.8 Å². The third-order valence-electron chi connectivity index (χ3n) is 3.78. The van der Waals surface area contributed by atoms with Gasteiger partial charge in [0.25, 0.3) is 15.9 Å². The number of benzene rings is 2. The van der Waals surface area contributed by atoms with Crippen molar-refractivity contribution in [3.05, 3.63) is 52.5 Å². The molecule has 0 aliphatic heterocycles. The fourth-order valence-electron chi connectivity index (χ4n) is 2.33. The van der Waals surface area contributed by atoms with Crippen LogP contribution < -0.4 is 20.3 Å². The summed E-state index contributed by atoms with van der Waals surface area (Å²) in [4.78, 5) is 11.8. The third kappa shape index (κ3) is 4.09. The van der Waals surface area contributed by atoms with Crippen molar-refractivity contribution in [2.75, 3.05) is 18.0 Å². The van der Waals surface area contributed by atoms with E-state index in [2.05, 4.69) is 0 Å². The molecular weight excluding hydrogens is 378 g/mol. The highest BCUT2D eigenvalue weighted by Crippen LogP contribution is 2.32. The molecule has 0 aliphatic carbocycles. The highest BCUT2D eigenvalue weighted by molar-refractivity contribution is 7.93. The van der Waals surface area contributed by atoms with Gasteiger partial charge in [-0.1, -0.05) is 23.7 Å². The molecule has 140 valence electrons. The number of carbonyl (C=O) groups is 1. The molecule has 0 heterocycles. The molecular formula is C17H20ClN3O4S. The summed E-state index contributed by atoms with van der Waals surface area (Å²) >= 11 is 6.14. The van der Waals surface area contributed by atoms with Gasteiger partial charge in [0.2, 0.25) is 0 Å². The van der Waals surface area contributed by atoms with Gasteiger partial charge in [-0.25, -0.2) is 14.3 Å². The van der Waals surface area contributed by atoms with E-state index in [1.165, 1.54) is 19.2 Å². The van der Waals surface area contributed by atoms with Gasteiger partial charge < -0.3 is 4.74 Å². The second-order valence-electron chi connectivity index (χ2n) is 5.67. The minimum Gasteiger partial charge on any atom is -0.495 e. The van der Waals surface area contributed by atoms with Gasteiger partial charge in [0.1, 0.15) is 17.2 Å². The maximum absolute atomic E-state index is 13.3. The smallest absolute Gasteiger partial charge is 0.268 e. The molecule has 7 nitrogen and oxygen atoms in total. The van der Waals surface area contributed by atoms with Crippen molar-refractivity contribution in [3.8, 4) is 5.75 Å². The number of anilines is 1. The zero-order valence-electron chi connectivity index (χ0n) is 14.6. The summed E-state index contributed by atoms with van der Waals surface area (Å²) in [7, 11) is -2.74. The number of nitrogens with zero attached hydrogens (tertiary/aromatic N) is 1.